The minimum Gasteiger partial charge on any atom is -0.380 e. The molecular formula is C16H35N3O. The van der Waals surface area contributed by atoms with Crippen LogP contribution in [0.3, 0.4) is 0 Å². The Morgan fingerprint density at radius 3 is 2.60 bits per heavy atom. The molecule has 2 unspecified atom stereocenters. The molecule has 1 aliphatic rings. The molecule has 0 radical (unpaired) electrons. The summed E-state index contributed by atoms with van der Waals surface area (Å²) in [4.78, 5) is 4.91. The van der Waals surface area contributed by atoms with Crippen molar-refractivity contribution in [2.45, 2.75) is 45.7 Å². The van der Waals surface area contributed by atoms with E-state index in [-0.39, 0.29) is 0 Å². The van der Waals surface area contributed by atoms with E-state index in [1.54, 1.807) is 0 Å². The maximum atomic E-state index is 5.77. The Hall–Kier alpha value is -0.160. The van der Waals surface area contributed by atoms with Gasteiger partial charge in [-0.3, -0.25) is 4.90 Å². The molecule has 1 aliphatic heterocycles. The molecule has 1 rings (SSSR count). The van der Waals surface area contributed by atoms with Crippen LogP contribution in [0, 0.1) is 5.92 Å². The first-order valence-electron chi connectivity index (χ1n) is 8.24. The minimum atomic E-state index is 0.526. The van der Waals surface area contributed by atoms with Crippen LogP contribution in [0.25, 0.3) is 0 Å². The standard InChI is InChI=1S/C16H35N3O/c1-6-8-17-15-7-11-20-13-16(15)19(12-14(2)3)10-9-18(4)5/h14-17H,6-13H2,1-5H3. The first kappa shape index (κ1) is 17.9. The summed E-state index contributed by atoms with van der Waals surface area (Å²) >= 11 is 0. The molecule has 0 aliphatic carbocycles. The summed E-state index contributed by atoms with van der Waals surface area (Å²) in [6.45, 7) is 13.1. The largest absolute Gasteiger partial charge is 0.380 e. The van der Waals surface area contributed by atoms with Gasteiger partial charge in [0.05, 0.1) is 6.61 Å². The Labute approximate surface area is 125 Å². The number of hydrogen-bond acceptors (Lipinski definition) is 4. The Bertz CT molecular complexity index is 246. The van der Waals surface area contributed by atoms with Gasteiger partial charge in [0.25, 0.3) is 0 Å². The summed E-state index contributed by atoms with van der Waals surface area (Å²) in [6, 6.07) is 1.11. The van der Waals surface area contributed by atoms with Crippen LogP contribution in [0.5, 0.6) is 0 Å². The van der Waals surface area contributed by atoms with Gasteiger partial charge in [0.1, 0.15) is 0 Å². The minimum absolute atomic E-state index is 0.526. The molecule has 1 fully saturated rings. The van der Waals surface area contributed by atoms with Crippen LogP contribution in [0.4, 0.5) is 0 Å². The highest BCUT2D eigenvalue weighted by Gasteiger charge is 2.30. The van der Waals surface area contributed by atoms with E-state index in [4.69, 9.17) is 4.74 Å². The van der Waals surface area contributed by atoms with Gasteiger partial charge in [0.15, 0.2) is 0 Å². The van der Waals surface area contributed by atoms with E-state index >= 15 is 0 Å². The molecule has 0 saturated carbocycles. The second kappa shape index (κ2) is 9.72. The fraction of sp³-hybridized carbons (Fsp3) is 1.00. The van der Waals surface area contributed by atoms with E-state index in [2.05, 4.69) is 50.0 Å². The van der Waals surface area contributed by atoms with E-state index in [0.29, 0.717) is 18.0 Å². The predicted molar refractivity (Wildman–Crippen MR) is 86.3 cm³/mol. The molecule has 1 N–H and O–H groups in total. The molecule has 120 valence electrons. The number of rotatable bonds is 9. The van der Waals surface area contributed by atoms with Crippen LogP contribution in [0.2, 0.25) is 0 Å². The van der Waals surface area contributed by atoms with Crippen molar-refractivity contribution in [1.29, 1.82) is 0 Å². The monoisotopic (exact) mass is 285 g/mol. The molecule has 0 aromatic heterocycles. The average Bonchev–Trinajstić information content (AvgIpc) is 2.41. The van der Waals surface area contributed by atoms with Crippen LogP contribution in [-0.2, 0) is 4.74 Å². The molecule has 2 atom stereocenters. The van der Waals surface area contributed by atoms with Crippen molar-refractivity contribution >= 4 is 0 Å². The zero-order chi connectivity index (χ0) is 15.0. The van der Waals surface area contributed by atoms with E-state index in [0.717, 1.165) is 45.8 Å². The van der Waals surface area contributed by atoms with E-state index < -0.39 is 0 Å². The number of nitrogens with one attached hydrogen (secondary N) is 1. The van der Waals surface area contributed by atoms with E-state index in [1.165, 1.54) is 6.42 Å². The topological polar surface area (TPSA) is 27.7 Å². The molecule has 1 saturated heterocycles. The van der Waals surface area contributed by atoms with Gasteiger partial charge in [0, 0.05) is 38.3 Å². The first-order chi connectivity index (χ1) is 9.54. The smallest absolute Gasteiger partial charge is 0.0637 e. The van der Waals surface area contributed by atoms with E-state index in [1.807, 2.05) is 0 Å². The lowest BCUT2D eigenvalue weighted by Gasteiger charge is -2.41. The van der Waals surface area contributed by atoms with Gasteiger partial charge in [-0.2, -0.15) is 0 Å². The van der Waals surface area contributed by atoms with Crippen molar-refractivity contribution < 1.29 is 4.74 Å². The Kier molecular flexibility index (Phi) is 8.69. The van der Waals surface area contributed by atoms with Gasteiger partial charge >= 0.3 is 0 Å². The molecule has 4 nitrogen and oxygen atoms in total. The van der Waals surface area contributed by atoms with Crippen molar-refractivity contribution in [2.75, 3.05) is 53.5 Å². The van der Waals surface area contributed by atoms with Crippen LogP contribution in [0.1, 0.15) is 33.6 Å². The van der Waals surface area contributed by atoms with Gasteiger partial charge < -0.3 is 15.0 Å². The highest BCUT2D eigenvalue weighted by atomic mass is 16.5. The normalized spacial score (nSPS) is 24.0. The van der Waals surface area contributed by atoms with Crippen LogP contribution in [0.15, 0.2) is 0 Å². The molecule has 0 bridgehead atoms. The average molecular weight is 285 g/mol. The summed E-state index contributed by atoms with van der Waals surface area (Å²) in [5, 5.41) is 3.73. The molecule has 4 heteroatoms. The van der Waals surface area contributed by atoms with Gasteiger partial charge in [-0.25, -0.2) is 0 Å². The summed E-state index contributed by atoms with van der Waals surface area (Å²) in [5.41, 5.74) is 0. The lowest BCUT2D eigenvalue weighted by Crippen LogP contribution is -2.57. The number of hydrogen-bond donors (Lipinski definition) is 1. The Morgan fingerprint density at radius 1 is 1.25 bits per heavy atom. The molecule has 0 spiro atoms. The summed E-state index contributed by atoms with van der Waals surface area (Å²) in [6.07, 6.45) is 2.34. The number of nitrogens with zero attached hydrogens (tertiary/aromatic N) is 2. The van der Waals surface area contributed by atoms with Gasteiger partial charge in [-0.05, 0) is 39.4 Å². The second-order valence-corrected chi connectivity index (χ2v) is 6.68. The van der Waals surface area contributed by atoms with Gasteiger partial charge in [-0.1, -0.05) is 20.8 Å². The maximum Gasteiger partial charge on any atom is 0.0637 e. The van der Waals surface area contributed by atoms with Crippen LogP contribution >= 0.6 is 0 Å². The Morgan fingerprint density at radius 2 is 2.00 bits per heavy atom. The zero-order valence-electron chi connectivity index (χ0n) is 14.2. The molecule has 0 aromatic carbocycles. The maximum absolute atomic E-state index is 5.77. The molecular weight excluding hydrogens is 250 g/mol. The summed E-state index contributed by atoms with van der Waals surface area (Å²) in [7, 11) is 4.30. The molecule has 0 aromatic rings. The molecule has 0 amide bonds. The molecule has 1 heterocycles. The van der Waals surface area contributed by atoms with Crippen molar-refractivity contribution in [3.05, 3.63) is 0 Å². The summed E-state index contributed by atoms with van der Waals surface area (Å²) in [5.74, 6) is 0.700. The number of likely N-dealkylation sites (N-methyl/N-ethyl adjacent to an activating group) is 1. The van der Waals surface area contributed by atoms with Gasteiger partial charge in [-0.15, -0.1) is 0 Å². The van der Waals surface area contributed by atoms with Crippen molar-refractivity contribution in [3.8, 4) is 0 Å². The molecule has 20 heavy (non-hydrogen) atoms. The lowest BCUT2D eigenvalue weighted by atomic mass is 10.00. The third-order valence-electron chi connectivity index (χ3n) is 3.89. The first-order valence-corrected chi connectivity index (χ1v) is 8.24. The fourth-order valence-corrected chi connectivity index (χ4v) is 2.84. The predicted octanol–water partition coefficient (Wildman–Crippen LogP) is 1.66. The lowest BCUT2D eigenvalue weighted by molar-refractivity contribution is -0.00867. The number of ether oxygens (including phenoxy) is 1. The van der Waals surface area contributed by atoms with Crippen molar-refractivity contribution in [3.63, 3.8) is 0 Å². The Balaban J connectivity index is 2.62. The van der Waals surface area contributed by atoms with Crippen molar-refractivity contribution in [2.24, 2.45) is 5.92 Å². The third kappa shape index (κ3) is 6.53. The quantitative estimate of drug-likeness (QED) is 0.697. The van der Waals surface area contributed by atoms with Crippen molar-refractivity contribution in [1.82, 2.24) is 15.1 Å². The second-order valence-electron chi connectivity index (χ2n) is 6.68. The van der Waals surface area contributed by atoms with Gasteiger partial charge in [0.2, 0.25) is 0 Å². The van der Waals surface area contributed by atoms with E-state index in [9.17, 15) is 0 Å². The SMILES string of the molecule is CCCNC1CCOCC1N(CCN(C)C)CC(C)C. The zero-order valence-corrected chi connectivity index (χ0v) is 14.2. The highest BCUT2D eigenvalue weighted by Crippen LogP contribution is 2.16. The fourth-order valence-electron chi connectivity index (χ4n) is 2.84. The summed E-state index contributed by atoms with van der Waals surface area (Å²) < 4.78 is 5.77. The van der Waals surface area contributed by atoms with Crippen LogP contribution < -0.4 is 5.32 Å². The highest BCUT2D eigenvalue weighted by molar-refractivity contribution is 4.88. The van der Waals surface area contributed by atoms with Crippen LogP contribution in [-0.4, -0.2) is 75.4 Å². The third-order valence-corrected chi connectivity index (χ3v) is 3.89.